The standard InChI is InChI=1S/C29H26N2O5S.Na/c32-28(33)26-16-22-11-12-25(35-14-13-24-19-37-27(30-24)21-9-5-2-6-10-21)15-23(22)17-31(26)29(34)36-18-20-7-3-1-4-8-20;/h1-12,15,19,26H,13-14,16-18H2,(H,32,33);/q;+1/p-1. The van der Waals surface area contributed by atoms with Gasteiger partial charge in [0.25, 0.3) is 0 Å². The molecule has 7 nitrogen and oxygen atoms in total. The molecule has 5 rings (SSSR count). The van der Waals surface area contributed by atoms with Crippen molar-refractivity contribution in [1.29, 1.82) is 0 Å². The van der Waals surface area contributed by atoms with E-state index >= 15 is 0 Å². The Morgan fingerprint density at radius 3 is 2.47 bits per heavy atom. The number of ether oxygens (including phenoxy) is 2. The number of hydrogen-bond donors (Lipinski definition) is 0. The van der Waals surface area contributed by atoms with E-state index in [1.165, 1.54) is 4.90 Å². The summed E-state index contributed by atoms with van der Waals surface area (Å²) in [5.74, 6) is -0.650. The van der Waals surface area contributed by atoms with Crippen molar-refractivity contribution >= 4 is 23.4 Å². The van der Waals surface area contributed by atoms with E-state index in [1.807, 2.05) is 84.2 Å². The second-order valence-corrected chi connectivity index (χ2v) is 9.60. The minimum atomic E-state index is -1.30. The summed E-state index contributed by atoms with van der Waals surface area (Å²) in [5, 5.41) is 14.8. The van der Waals surface area contributed by atoms with Crippen molar-refractivity contribution in [3.63, 3.8) is 0 Å². The maximum absolute atomic E-state index is 12.8. The van der Waals surface area contributed by atoms with E-state index in [0.29, 0.717) is 18.8 Å². The van der Waals surface area contributed by atoms with E-state index in [1.54, 1.807) is 11.3 Å². The fourth-order valence-corrected chi connectivity index (χ4v) is 5.12. The first-order valence-corrected chi connectivity index (χ1v) is 12.9. The number of fused-ring (bicyclic) bond motifs is 1. The average Bonchev–Trinajstić information content (AvgIpc) is 3.41. The number of benzene rings is 3. The van der Waals surface area contributed by atoms with E-state index in [9.17, 15) is 14.7 Å². The fourth-order valence-electron chi connectivity index (χ4n) is 4.26. The minimum absolute atomic E-state index is 0. The number of aromatic nitrogens is 1. The molecule has 0 bridgehead atoms. The van der Waals surface area contributed by atoms with Crippen molar-refractivity contribution in [2.24, 2.45) is 0 Å². The third kappa shape index (κ3) is 6.82. The Morgan fingerprint density at radius 1 is 1.00 bits per heavy atom. The number of aliphatic carboxylic acids is 1. The van der Waals surface area contributed by atoms with E-state index in [4.69, 9.17) is 14.5 Å². The molecule has 1 unspecified atom stereocenters. The van der Waals surface area contributed by atoms with Gasteiger partial charge in [0.05, 0.1) is 30.9 Å². The molecule has 38 heavy (non-hydrogen) atoms. The molecule has 0 saturated heterocycles. The normalized spacial score (nSPS) is 14.2. The Kier molecular flexibility index (Phi) is 9.58. The molecule has 4 aromatic rings. The van der Waals surface area contributed by atoms with Crippen molar-refractivity contribution in [3.05, 3.63) is 107 Å². The van der Waals surface area contributed by atoms with Crippen molar-refractivity contribution in [1.82, 2.24) is 9.88 Å². The average molecular weight is 537 g/mol. The van der Waals surface area contributed by atoms with Crippen LogP contribution >= 0.6 is 11.3 Å². The molecule has 0 spiro atoms. The van der Waals surface area contributed by atoms with Crippen LogP contribution in [0.25, 0.3) is 10.6 Å². The summed E-state index contributed by atoms with van der Waals surface area (Å²) in [7, 11) is 0. The van der Waals surface area contributed by atoms with Crippen molar-refractivity contribution in [2.75, 3.05) is 6.61 Å². The zero-order valence-corrected chi connectivity index (χ0v) is 23.9. The summed E-state index contributed by atoms with van der Waals surface area (Å²) in [6.45, 7) is 0.612. The van der Waals surface area contributed by atoms with Crippen molar-refractivity contribution < 1.29 is 53.7 Å². The number of nitrogens with zero attached hydrogens (tertiary/aromatic N) is 2. The van der Waals surface area contributed by atoms with E-state index < -0.39 is 18.1 Å². The van der Waals surface area contributed by atoms with Crippen LogP contribution in [0.2, 0.25) is 0 Å². The maximum atomic E-state index is 12.8. The second-order valence-electron chi connectivity index (χ2n) is 8.75. The van der Waals surface area contributed by atoms with Gasteiger partial charge in [-0.3, -0.25) is 4.90 Å². The van der Waals surface area contributed by atoms with Crippen molar-refractivity contribution in [3.8, 4) is 16.3 Å². The van der Waals surface area contributed by atoms with Gasteiger partial charge in [0.1, 0.15) is 17.4 Å². The molecule has 0 N–H and O–H groups in total. The number of carboxylic acids is 1. The molecule has 9 heteroatoms. The summed E-state index contributed by atoms with van der Waals surface area (Å²) in [4.78, 5) is 30.5. The number of carboxylic acid groups (broad SMARTS) is 1. The first-order valence-electron chi connectivity index (χ1n) is 12.0. The van der Waals surface area contributed by atoms with E-state index in [2.05, 4.69) is 0 Å². The number of rotatable bonds is 8. The molecule has 0 saturated carbocycles. The first-order chi connectivity index (χ1) is 18.1. The second kappa shape index (κ2) is 13.1. The molecule has 0 aliphatic carbocycles. The van der Waals surface area contributed by atoms with Gasteiger partial charge in [-0.25, -0.2) is 9.78 Å². The van der Waals surface area contributed by atoms with Gasteiger partial charge in [0, 0.05) is 17.4 Å². The Balaban J connectivity index is 0.00000336. The van der Waals surface area contributed by atoms with E-state index in [0.717, 1.165) is 33.0 Å². The maximum Gasteiger partial charge on any atom is 1.00 e. The van der Waals surface area contributed by atoms with Crippen LogP contribution in [-0.2, 0) is 35.5 Å². The van der Waals surface area contributed by atoms with Gasteiger partial charge in [-0.05, 0) is 35.2 Å². The molecule has 1 amide bonds. The molecule has 188 valence electrons. The van der Waals surface area contributed by atoms with Gasteiger partial charge >= 0.3 is 35.7 Å². The van der Waals surface area contributed by atoms with Crippen LogP contribution in [0.3, 0.4) is 0 Å². The number of hydrogen-bond acceptors (Lipinski definition) is 7. The summed E-state index contributed by atoms with van der Waals surface area (Å²) >= 11 is 1.61. The van der Waals surface area contributed by atoms with E-state index in [-0.39, 0.29) is 49.1 Å². The largest absolute Gasteiger partial charge is 1.00 e. The van der Waals surface area contributed by atoms with Crippen LogP contribution in [0.1, 0.15) is 22.4 Å². The van der Waals surface area contributed by atoms with Gasteiger partial charge < -0.3 is 19.4 Å². The van der Waals surface area contributed by atoms with Gasteiger partial charge in [-0.15, -0.1) is 11.3 Å². The Labute approximate surface area is 247 Å². The van der Waals surface area contributed by atoms with Crippen LogP contribution in [0, 0.1) is 0 Å². The molecule has 0 fully saturated rings. The number of carbonyl (C=O) groups is 2. The summed E-state index contributed by atoms with van der Waals surface area (Å²) in [6.07, 6.45) is 0.123. The minimum Gasteiger partial charge on any atom is -0.548 e. The van der Waals surface area contributed by atoms with Gasteiger partial charge in [0.2, 0.25) is 0 Å². The van der Waals surface area contributed by atoms with Crippen molar-refractivity contribution in [2.45, 2.75) is 32.0 Å². The third-order valence-corrected chi connectivity index (χ3v) is 7.16. The molecule has 1 aliphatic rings. The summed E-state index contributed by atoms with van der Waals surface area (Å²) in [5.41, 5.74) is 4.55. The monoisotopic (exact) mass is 536 g/mol. The molecule has 1 atom stereocenters. The quantitative estimate of drug-likeness (QED) is 0.315. The molecule has 0 radical (unpaired) electrons. The Bertz CT molecular complexity index is 1380. The molecular formula is C29H25N2NaO5S. The van der Waals surface area contributed by atoms with Gasteiger partial charge in [0.15, 0.2) is 0 Å². The fraction of sp³-hybridized carbons (Fsp3) is 0.207. The predicted molar refractivity (Wildman–Crippen MR) is 138 cm³/mol. The molecule has 1 aliphatic heterocycles. The topological polar surface area (TPSA) is 91.8 Å². The predicted octanol–water partition coefficient (Wildman–Crippen LogP) is 1.25. The number of carbonyl (C=O) groups excluding carboxylic acids is 2. The van der Waals surface area contributed by atoms with Crippen LogP contribution in [0.5, 0.6) is 5.75 Å². The Hall–Kier alpha value is -3.17. The SMILES string of the molecule is O=C([O-])C1Cc2ccc(OCCc3csc(-c4ccccc4)n3)cc2CN1C(=O)OCc1ccccc1.[Na+]. The smallest absolute Gasteiger partial charge is 0.548 e. The summed E-state index contributed by atoms with van der Waals surface area (Å²) < 4.78 is 11.4. The van der Waals surface area contributed by atoms with Crippen LogP contribution in [-0.4, -0.2) is 34.6 Å². The van der Waals surface area contributed by atoms with Crippen LogP contribution < -0.4 is 39.4 Å². The molecular weight excluding hydrogens is 511 g/mol. The zero-order valence-electron chi connectivity index (χ0n) is 21.0. The van der Waals surface area contributed by atoms with Gasteiger partial charge in [-0.2, -0.15) is 0 Å². The third-order valence-electron chi connectivity index (χ3n) is 6.22. The molecule has 3 aromatic carbocycles. The Morgan fingerprint density at radius 2 is 1.74 bits per heavy atom. The van der Waals surface area contributed by atoms with Gasteiger partial charge in [-0.1, -0.05) is 66.7 Å². The zero-order chi connectivity index (χ0) is 25.6. The summed E-state index contributed by atoms with van der Waals surface area (Å²) in [6, 6.07) is 23.7. The number of amides is 1. The van der Waals surface area contributed by atoms with Crippen LogP contribution in [0.15, 0.2) is 84.2 Å². The molecule has 2 heterocycles. The van der Waals surface area contributed by atoms with Crippen LogP contribution in [0.4, 0.5) is 4.79 Å². The molecule has 1 aromatic heterocycles. The number of thiazole rings is 1. The first kappa shape index (κ1) is 27.9.